The fourth-order valence-electron chi connectivity index (χ4n) is 1.82. The molecule has 20 heavy (non-hydrogen) atoms. The van der Waals surface area contributed by atoms with E-state index >= 15 is 0 Å². The molecule has 0 radical (unpaired) electrons. The van der Waals surface area contributed by atoms with E-state index in [2.05, 4.69) is 5.32 Å². The van der Waals surface area contributed by atoms with Crippen LogP contribution in [0.1, 0.15) is 26.7 Å². The molecule has 1 aromatic carbocycles. The van der Waals surface area contributed by atoms with Gasteiger partial charge >= 0.3 is 0 Å². The Hall–Kier alpha value is -1.75. The van der Waals surface area contributed by atoms with Gasteiger partial charge in [0.25, 0.3) is 0 Å². The highest BCUT2D eigenvalue weighted by Crippen LogP contribution is 2.26. The molecule has 0 saturated heterocycles. The van der Waals surface area contributed by atoms with Crippen LogP contribution < -0.4 is 20.5 Å². The minimum absolute atomic E-state index is 0.352. The van der Waals surface area contributed by atoms with Gasteiger partial charge in [-0.2, -0.15) is 0 Å². The van der Waals surface area contributed by atoms with Crippen molar-refractivity contribution in [1.29, 1.82) is 0 Å². The van der Waals surface area contributed by atoms with E-state index in [0.29, 0.717) is 19.6 Å². The molecule has 1 atom stereocenters. The Morgan fingerprint density at radius 1 is 1.30 bits per heavy atom. The van der Waals surface area contributed by atoms with Gasteiger partial charge in [-0.05, 0) is 45.9 Å². The molecule has 1 amide bonds. The van der Waals surface area contributed by atoms with E-state index in [0.717, 1.165) is 17.9 Å². The largest absolute Gasteiger partial charge is 0.490 e. The number of ether oxygens (including phenoxy) is 2. The maximum Gasteiger partial charge on any atom is 0.237 e. The number of para-hydroxylation sites is 2. The molecule has 0 bridgehead atoms. The molecule has 0 aromatic heterocycles. The van der Waals surface area contributed by atoms with E-state index in [1.807, 2.05) is 31.2 Å². The fraction of sp³-hybridized carbons (Fsp3) is 0.533. The second kappa shape index (κ2) is 7.75. The van der Waals surface area contributed by atoms with E-state index in [9.17, 15) is 4.79 Å². The average Bonchev–Trinajstić information content (AvgIpc) is 2.45. The lowest BCUT2D eigenvalue weighted by Gasteiger charge is -2.25. The summed E-state index contributed by atoms with van der Waals surface area (Å²) < 4.78 is 11.2. The lowest BCUT2D eigenvalue weighted by molar-refractivity contribution is -0.123. The van der Waals surface area contributed by atoms with Gasteiger partial charge in [-0.1, -0.05) is 12.1 Å². The number of rotatable bonds is 9. The number of hydrogen-bond donors (Lipinski definition) is 2. The summed E-state index contributed by atoms with van der Waals surface area (Å²) in [4.78, 5) is 11.4. The van der Waals surface area contributed by atoms with Crippen LogP contribution in [0.3, 0.4) is 0 Å². The zero-order chi connectivity index (χ0) is 15.0. The molecule has 0 aliphatic carbocycles. The van der Waals surface area contributed by atoms with Crippen molar-refractivity contribution in [1.82, 2.24) is 5.32 Å². The van der Waals surface area contributed by atoms with Gasteiger partial charge in [-0.3, -0.25) is 4.79 Å². The van der Waals surface area contributed by atoms with Crippen molar-refractivity contribution >= 4 is 5.91 Å². The maximum absolute atomic E-state index is 11.4. The Morgan fingerprint density at radius 3 is 2.40 bits per heavy atom. The molecule has 1 aromatic rings. The normalized spacial score (nSPS) is 13.6. The van der Waals surface area contributed by atoms with E-state index in [1.54, 1.807) is 14.0 Å². The molecule has 1 rings (SSSR count). The number of hydrogen-bond acceptors (Lipinski definition) is 4. The minimum atomic E-state index is -0.692. The molecule has 3 N–H and O–H groups in total. The second-order valence-electron chi connectivity index (χ2n) is 4.78. The van der Waals surface area contributed by atoms with Crippen LogP contribution in [0.25, 0.3) is 0 Å². The second-order valence-corrected chi connectivity index (χ2v) is 4.78. The lowest BCUT2D eigenvalue weighted by Crippen LogP contribution is -2.51. The first kappa shape index (κ1) is 16.3. The molecule has 0 fully saturated rings. The predicted molar refractivity (Wildman–Crippen MR) is 79.0 cm³/mol. The van der Waals surface area contributed by atoms with Gasteiger partial charge in [0.05, 0.1) is 18.8 Å². The highest BCUT2D eigenvalue weighted by atomic mass is 16.5. The lowest BCUT2D eigenvalue weighted by atomic mass is 9.95. The molecular formula is C15H24N2O3. The molecule has 0 heterocycles. The van der Waals surface area contributed by atoms with E-state index in [-0.39, 0.29) is 5.91 Å². The van der Waals surface area contributed by atoms with Crippen molar-refractivity contribution in [2.75, 3.05) is 20.3 Å². The van der Waals surface area contributed by atoms with Gasteiger partial charge in [-0.15, -0.1) is 0 Å². The molecule has 1 unspecified atom stereocenters. The summed E-state index contributed by atoms with van der Waals surface area (Å²) in [6, 6.07) is 7.55. The van der Waals surface area contributed by atoms with E-state index < -0.39 is 5.54 Å². The number of likely N-dealkylation sites (N-methyl/N-ethyl adjacent to an activating group) is 1. The number of primary amides is 1. The molecular weight excluding hydrogens is 256 g/mol. The number of amides is 1. The van der Waals surface area contributed by atoms with E-state index in [4.69, 9.17) is 15.2 Å². The smallest absolute Gasteiger partial charge is 0.237 e. The van der Waals surface area contributed by atoms with Gasteiger partial charge in [-0.25, -0.2) is 0 Å². The summed E-state index contributed by atoms with van der Waals surface area (Å²) in [5.41, 5.74) is 4.68. The molecule has 0 spiro atoms. The molecule has 0 aliphatic heterocycles. The summed E-state index contributed by atoms with van der Waals surface area (Å²) in [5, 5.41) is 2.95. The first-order valence-corrected chi connectivity index (χ1v) is 6.87. The first-order chi connectivity index (χ1) is 9.53. The van der Waals surface area contributed by atoms with Crippen LogP contribution in [-0.4, -0.2) is 31.7 Å². The zero-order valence-electron chi connectivity index (χ0n) is 12.4. The molecule has 112 valence electrons. The van der Waals surface area contributed by atoms with Crippen LogP contribution in [0.2, 0.25) is 0 Å². The molecule has 5 heteroatoms. The number of benzene rings is 1. The third-order valence-corrected chi connectivity index (χ3v) is 3.32. The summed E-state index contributed by atoms with van der Waals surface area (Å²) in [6.07, 6.45) is 1.34. The monoisotopic (exact) mass is 280 g/mol. The van der Waals surface area contributed by atoms with Crippen molar-refractivity contribution in [3.05, 3.63) is 24.3 Å². The molecule has 5 nitrogen and oxygen atoms in total. The van der Waals surface area contributed by atoms with Crippen LogP contribution in [0.5, 0.6) is 11.5 Å². The Bertz CT molecular complexity index is 437. The van der Waals surface area contributed by atoms with Crippen molar-refractivity contribution in [3.63, 3.8) is 0 Å². The number of nitrogens with one attached hydrogen (secondary N) is 1. The van der Waals surface area contributed by atoms with Crippen molar-refractivity contribution in [3.8, 4) is 11.5 Å². The van der Waals surface area contributed by atoms with Crippen LogP contribution in [0, 0.1) is 0 Å². The summed E-state index contributed by atoms with van der Waals surface area (Å²) >= 11 is 0. The number of carbonyl (C=O) groups excluding carboxylic acids is 1. The third kappa shape index (κ3) is 4.42. The van der Waals surface area contributed by atoms with Crippen molar-refractivity contribution in [2.24, 2.45) is 5.73 Å². The summed E-state index contributed by atoms with van der Waals surface area (Å²) in [7, 11) is 1.73. The fourth-order valence-corrected chi connectivity index (χ4v) is 1.82. The maximum atomic E-state index is 11.4. The first-order valence-electron chi connectivity index (χ1n) is 6.87. The quantitative estimate of drug-likeness (QED) is 0.675. The van der Waals surface area contributed by atoms with Gasteiger partial charge in [0, 0.05) is 0 Å². The highest BCUT2D eigenvalue weighted by molar-refractivity contribution is 5.84. The summed E-state index contributed by atoms with van der Waals surface area (Å²) in [6.45, 7) is 4.83. The third-order valence-electron chi connectivity index (χ3n) is 3.32. The van der Waals surface area contributed by atoms with Crippen LogP contribution >= 0.6 is 0 Å². The predicted octanol–water partition coefficient (Wildman–Crippen LogP) is 1.71. The Morgan fingerprint density at radius 2 is 1.90 bits per heavy atom. The summed E-state index contributed by atoms with van der Waals surface area (Å²) in [5.74, 6) is 1.11. The van der Waals surface area contributed by atoms with Gasteiger partial charge in [0.2, 0.25) is 5.91 Å². The minimum Gasteiger partial charge on any atom is -0.490 e. The van der Waals surface area contributed by atoms with Crippen LogP contribution in [-0.2, 0) is 4.79 Å². The van der Waals surface area contributed by atoms with Gasteiger partial charge in [0.15, 0.2) is 11.5 Å². The standard InChI is InChI=1S/C15H24N2O3/c1-4-19-12-8-5-6-9-13(12)20-11-7-10-15(2,17-3)14(16)18/h5-6,8-9,17H,4,7,10-11H2,1-3H3,(H2,16,18). The Balaban J connectivity index is 2.47. The SMILES string of the molecule is CCOc1ccccc1OCCCC(C)(NC)C(N)=O. The average molecular weight is 280 g/mol. The van der Waals surface area contributed by atoms with Crippen molar-refractivity contribution in [2.45, 2.75) is 32.2 Å². The Labute approximate surface area is 120 Å². The zero-order valence-corrected chi connectivity index (χ0v) is 12.4. The molecule has 0 aliphatic rings. The van der Waals surface area contributed by atoms with Gasteiger partial charge in [0.1, 0.15) is 0 Å². The number of nitrogens with two attached hydrogens (primary N) is 1. The van der Waals surface area contributed by atoms with Crippen LogP contribution in [0.15, 0.2) is 24.3 Å². The highest BCUT2D eigenvalue weighted by Gasteiger charge is 2.28. The molecule has 0 saturated carbocycles. The van der Waals surface area contributed by atoms with Gasteiger partial charge < -0.3 is 20.5 Å². The van der Waals surface area contributed by atoms with Crippen molar-refractivity contribution < 1.29 is 14.3 Å². The Kier molecular flexibility index (Phi) is 6.31. The topological polar surface area (TPSA) is 73.6 Å². The van der Waals surface area contributed by atoms with E-state index in [1.165, 1.54) is 0 Å². The number of carbonyl (C=O) groups is 1. The van der Waals surface area contributed by atoms with Crippen LogP contribution in [0.4, 0.5) is 0 Å².